The van der Waals surface area contributed by atoms with Crippen molar-refractivity contribution in [2.75, 3.05) is 6.26 Å². The summed E-state index contributed by atoms with van der Waals surface area (Å²) in [6.07, 6.45) is 4.32. The average Bonchev–Trinajstić information content (AvgIpc) is 2.11. The van der Waals surface area contributed by atoms with Gasteiger partial charge < -0.3 is 0 Å². The number of halogens is 1. The van der Waals surface area contributed by atoms with Gasteiger partial charge in [0.1, 0.15) is 0 Å². The topological polar surface area (TPSA) is 51.2 Å². The van der Waals surface area contributed by atoms with Gasteiger partial charge in [0, 0.05) is 11.8 Å². The molecule has 1 aliphatic carbocycles. The van der Waals surface area contributed by atoms with Crippen LogP contribution in [0.15, 0.2) is 17.0 Å². The van der Waals surface area contributed by atoms with Crippen LogP contribution in [0.25, 0.3) is 0 Å². The van der Waals surface area contributed by atoms with Gasteiger partial charge in [-0.05, 0) is 54.5 Å². The smallest absolute Gasteiger partial charge is 0.252 e. The van der Waals surface area contributed by atoms with E-state index >= 15 is 0 Å². The van der Waals surface area contributed by atoms with Crippen molar-refractivity contribution >= 4 is 26.7 Å². The van der Waals surface area contributed by atoms with E-state index in [9.17, 15) is 13.2 Å². The number of carbonyl (C=O) groups is 1. The van der Waals surface area contributed by atoms with Gasteiger partial charge in [0.25, 0.3) is 5.24 Å². The summed E-state index contributed by atoms with van der Waals surface area (Å²) in [6, 6.07) is 3.23. The van der Waals surface area contributed by atoms with Gasteiger partial charge in [0.15, 0.2) is 9.84 Å². The van der Waals surface area contributed by atoms with Gasteiger partial charge >= 0.3 is 0 Å². The minimum atomic E-state index is -3.34. The second-order valence-corrected chi connectivity index (χ2v) is 7.21. The summed E-state index contributed by atoms with van der Waals surface area (Å²) in [6.45, 7) is 1.78. The molecule has 0 heterocycles. The maximum atomic E-state index is 11.8. The fourth-order valence-electron chi connectivity index (χ4n) is 2.28. The molecule has 1 aromatic rings. The minimum Gasteiger partial charge on any atom is -0.276 e. The van der Waals surface area contributed by atoms with E-state index in [2.05, 4.69) is 0 Å². The third-order valence-electron chi connectivity index (χ3n) is 3.51. The van der Waals surface area contributed by atoms with E-state index in [-0.39, 0.29) is 10.5 Å². The predicted octanol–water partition coefficient (Wildman–Crippen LogP) is 3.05. The normalized spacial score (nSPS) is 16.4. The molecule has 0 unspecified atom stereocenters. The van der Waals surface area contributed by atoms with Gasteiger partial charge in [-0.3, -0.25) is 4.79 Å². The third kappa shape index (κ3) is 2.45. The lowest BCUT2D eigenvalue weighted by atomic mass is 9.79. The molecule has 18 heavy (non-hydrogen) atoms. The van der Waals surface area contributed by atoms with Crippen LogP contribution in [0.3, 0.4) is 0 Å². The molecule has 0 N–H and O–H groups in total. The van der Waals surface area contributed by atoms with Crippen LogP contribution in [-0.4, -0.2) is 19.9 Å². The number of carbonyl (C=O) groups excluding carboxylic acids is 1. The second-order valence-electron chi connectivity index (χ2n) is 4.88. The highest BCUT2D eigenvalue weighted by Gasteiger charge is 2.27. The van der Waals surface area contributed by atoms with Gasteiger partial charge in [-0.25, -0.2) is 8.42 Å². The van der Waals surface area contributed by atoms with E-state index < -0.39 is 15.1 Å². The van der Waals surface area contributed by atoms with Crippen molar-refractivity contribution in [3.05, 3.63) is 28.8 Å². The van der Waals surface area contributed by atoms with E-state index in [1.54, 1.807) is 13.0 Å². The number of sulfone groups is 1. The molecule has 3 nitrogen and oxygen atoms in total. The van der Waals surface area contributed by atoms with Gasteiger partial charge in [-0.2, -0.15) is 0 Å². The highest BCUT2D eigenvalue weighted by Crippen LogP contribution is 2.40. The first-order valence-electron chi connectivity index (χ1n) is 5.85. The molecule has 5 heteroatoms. The average molecular weight is 287 g/mol. The molecule has 98 valence electrons. The lowest BCUT2D eigenvalue weighted by Crippen LogP contribution is -2.15. The molecule has 0 spiro atoms. The zero-order valence-electron chi connectivity index (χ0n) is 10.4. The molecule has 2 rings (SSSR count). The Bertz CT molecular complexity index is 601. The molecule has 0 radical (unpaired) electrons. The number of hydrogen-bond acceptors (Lipinski definition) is 3. The largest absolute Gasteiger partial charge is 0.276 e. The van der Waals surface area contributed by atoms with Crippen LogP contribution < -0.4 is 0 Å². The van der Waals surface area contributed by atoms with Gasteiger partial charge in [-0.1, -0.05) is 12.5 Å². The Kier molecular flexibility index (Phi) is 3.52. The van der Waals surface area contributed by atoms with E-state index in [0.717, 1.165) is 30.4 Å². The minimum absolute atomic E-state index is 0.252. The van der Waals surface area contributed by atoms with E-state index in [4.69, 9.17) is 11.6 Å². The molecule has 1 aliphatic rings. The van der Waals surface area contributed by atoms with Gasteiger partial charge in [0.05, 0.1) is 4.90 Å². The van der Waals surface area contributed by atoms with Crippen LogP contribution in [0.2, 0.25) is 0 Å². The lowest BCUT2D eigenvalue weighted by Gasteiger charge is -2.28. The van der Waals surface area contributed by atoms with Crippen molar-refractivity contribution in [3.63, 3.8) is 0 Å². The van der Waals surface area contributed by atoms with Gasteiger partial charge in [-0.15, -0.1) is 0 Å². The molecule has 0 amide bonds. The summed E-state index contributed by atoms with van der Waals surface area (Å²) < 4.78 is 23.7. The van der Waals surface area contributed by atoms with E-state index in [1.807, 2.05) is 0 Å². The first kappa shape index (κ1) is 13.6. The van der Waals surface area contributed by atoms with Crippen molar-refractivity contribution < 1.29 is 13.2 Å². The standard InChI is InChI=1S/C13H15ClO3S/c1-8-6-11(9-4-3-5-9)12(18(2,16)17)7-10(8)13(14)15/h6-7,9H,3-5H2,1-2H3. The van der Waals surface area contributed by atoms with Crippen molar-refractivity contribution in [1.29, 1.82) is 0 Å². The van der Waals surface area contributed by atoms with Crippen LogP contribution in [0, 0.1) is 6.92 Å². The molecule has 0 aromatic heterocycles. The van der Waals surface area contributed by atoms with Crippen LogP contribution in [0.5, 0.6) is 0 Å². The van der Waals surface area contributed by atoms with Gasteiger partial charge in [0.2, 0.25) is 0 Å². The number of aryl methyl sites for hydroxylation is 1. The highest BCUT2D eigenvalue weighted by atomic mass is 35.5. The van der Waals surface area contributed by atoms with E-state index in [1.165, 1.54) is 12.3 Å². The summed E-state index contributed by atoms with van der Waals surface area (Å²) in [5, 5.41) is -0.613. The molecule has 1 saturated carbocycles. The molecular formula is C13H15ClO3S. The maximum absolute atomic E-state index is 11.8. The van der Waals surface area contributed by atoms with Crippen LogP contribution >= 0.6 is 11.6 Å². The monoisotopic (exact) mass is 286 g/mol. The number of benzene rings is 1. The zero-order chi connectivity index (χ0) is 13.5. The fourth-order valence-corrected chi connectivity index (χ4v) is 3.47. The highest BCUT2D eigenvalue weighted by molar-refractivity contribution is 7.90. The number of rotatable bonds is 3. The molecular weight excluding hydrogens is 272 g/mol. The zero-order valence-corrected chi connectivity index (χ0v) is 11.9. The van der Waals surface area contributed by atoms with Crippen LogP contribution in [-0.2, 0) is 9.84 Å². The van der Waals surface area contributed by atoms with Crippen molar-refractivity contribution in [2.45, 2.75) is 37.0 Å². The molecule has 0 atom stereocenters. The maximum Gasteiger partial charge on any atom is 0.252 e. The Morgan fingerprint density at radius 2 is 1.94 bits per heavy atom. The quantitative estimate of drug-likeness (QED) is 0.803. The summed E-state index contributed by atoms with van der Waals surface area (Å²) in [7, 11) is -3.34. The lowest BCUT2D eigenvalue weighted by molar-refractivity contribution is 0.108. The van der Waals surface area contributed by atoms with Crippen molar-refractivity contribution in [2.24, 2.45) is 0 Å². The SMILES string of the molecule is Cc1cc(C2CCC2)c(S(C)(=O)=O)cc1C(=O)Cl. The summed E-state index contributed by atoms with van der Waals surface area (Å²) >= 11 is 5.48. The predicted molar refractivity (Wildman–Crippen MR) is 71.1 cm³/mol. The summed E-state index contributed by atoms with van der Waals surface area (Å²) in [5.74, 6) is 0.299. The number of hydrogen-bond donors (Lipinski definition) is 0. The summed E-state index contributed by atoms with van der Waals surface area (Å²) in [4.78, 5) is 11.5. The molecule has 0 bridgehead atoms. The van der Waals surface area contributed by atoms with Crippen molar-refractivity contribution in [3.8, 4) is 0 Å². The van der Waals surface area contributed by atoms with E-state index in [0.29, 0.717) is 5.92 Å². The van der Waals surface area contributed by atoms with Crippen LogP contribution in [0.4, 0.5) is 0 Å². The molecule has 0 saturated heterocycles. The summed E-state index contributed by atoms with van der Waals surface area (Å²) in [5.41, 5.74) is 1.85. The molecule has 0 aliphatic heterocycles. The molecule has 1 aromatic carbocycles. The van der Waals surface area contributed by atoms with Crippen LogP contribution in [0.1, 0.15) is 46.7 Å². The van der Waals surface area contributed by atoms with Crippen molar-refractivity contribution in [1.82, 2.24) is 0 Å². The first-order chi connectivity index (χ1) is 8.30. The first-order valence-corrected chi connectivity index (χ1v) is 8.12. The Balaban J connectivity index is 2.65. The Labute approximate surface area is 112 Å². The molecule has 1 fully saturated rings. The Morgan fingerprint density at radius 1 is 1.33 bits per heavy atom. The fraction of sp³-hybridized carbons (Fsp3) is 0.462. The third-order valence-corrected chi connectivity index (χ3v) is 4.87. The Hall–Kier alpha value is -0.870. The second kappa shape index (κ2) is 4.67. The Morgan fingerprint density at radius 3 is 2.33 bits per heavy atom.